The third kappa shape index (κ3) is 3.81. The number of anilines is 4. The van der Waals surface area contributed by atoms with Crippen molar-refractivity contribution < 1.29 is 13.2 Å². The van der Waals surface area contributed by atoms with Crippen LogP contribution in [0.3, 0.4) is 0 Å². The van der Waals surface area contributed by atoms with Crippen molar-refractivity contribution in [2.24, 2.45) is 0 Å². The molecule has 0 unspecified atom stereocenters. The molecule has 0 radical (unpaired) electrons. The summed E-state index contributed by atoms with van der Waals surface area (Å²) < 4.78 is 24.5. The predicted molar refractivity (Wildman–Crippen MR) is 112 cm³/mol. The summed E-state index contributed by atoms with van der Waals surface area (Å²) in [6.07, 6.45) is 1.54. The molecule has 2 heterocycles. The first-order chi connectivity index (χ1) is 13.9. The van der Waals surface area contributed by atoms with E-state index in [0.29, 0.717) is 22.3 Å². The van der Waals surface area contributed by atoms with Crippen LogP contribution in [0.25, 0.3) is 0 Å². The van der Waals surface area contributed by atoms with Gasteiger partial charge in [0.25, 0.3) is 0 Å². The van der Waals surface area contributed by atoms with E-state index in [1.165, 1.54) is 17.3 Å². The van der Waals surface area contributed by atoms with Crippen LogP contribution in [-0.4, -0.2) is 30.0 Å². The van der Waals surface area contributed by atoms with E-state index in [2.05, 4.69) is 15.3 Å². The lowest BCUT2D eigenvalue weighted by Crippen LogP contribution is -2.22. The molecule has 148 valence electrons. The van der Waals surface area contributed by atoms with Gasteiger partial charge in [0.1, 0.15) is 18.0 Å². The average molecular weight is 429 g/mol. The summed E-state index contributed by atoms with van der Waals surface area (Å²) in [5, 5.41) is 3.76. The number of nitrogens with one attached hydrogen (secondary N) is 1. The topological polar surface area (TPSA) is 92.3 Å². The van der Waals surface area contributed by atoms with Crippen LogP contribution in [0.4, 0.5) is 23.0 Å². The first-order valence-electron chi connectivity index (χ1n) is 8.90. The summed E-state index contributed by atoms with van der Waals surface area (Å²) in [6.45, 7) is 1.59. The van der Waals surface area contributed by atoms with Gasteiger partial charge < -0.3 is 5.32 Å². The van der Waals surface area contributed by atoms with Crippen LogP contribution < -0.4 is 10.2 Å². The smallest absolute Gasteiger partial charge is 0.237 e. The lowest BCUT2D eigenvalue weighted by molar-refractivity contribution is -0.116. The van der Waals surface area contributed by atoms with Crippen molar-refractivity contribution in [1.82, 2.24) is 9.97 Å². The van der Waals surface area contributed by atoms with Crippen molar-refractivity contribution in [2.45, 2.75) is 18.2 Å². The minimum Gasteiger partial charge on any atom is -0.340 e. The molecule has 0 spiro atoms. The fourth-order valence-corrected chi connectivity index (χ4v) is 4.13. The number of carbonyl (C=O) groups excluding carboxylic acids is 1. The van der Waals surface area contributed by atoms with E-state index < -0.39 is 9.84 Å². The molecule has 1 N–H and O–H groups in total. The van der Waals surface area contributed by atoms with Crippen molar-refractivity contribution in [3.05, 3.63) is 65.4 Å². The number of amides is 1. The molecule has 29 heavy (non-hydrogen) atoms. The molecule has 0 saturated carbocycles. The third-order valence-corrected chi connectivity index (χ3v) is 6.61. The molecule has 0 atom stereocenters. The fourth-order valence-electron chi connectivity index (χ4n) is 3.11. The van der Waals surface area contributed by atoms with Gasteiger partial charge >= 0.3 is 0 Å². The number of sulfone groups is 1. The number of aromatic nitrogens is 2. The molecule has 3 aromatic rings. The predicted octanol–water partition coefficient (Wildman–Crippen LogP) is 3.89. The van der Waals surface area contributed by atoms with Crippen LogP contribution in [-0.2, 0) is 21.1 Å². The highest BCUT2D eigenvalue weighted by Crippen LogP contribution is 2.36. The lowest BCUT2D eigenvalue weighted by atomic mass is 10.2. The van der Waals surface area contributed by atoms with E-state index >= 15 is 0 Å². The molecule has 0 aliphatic carbocycles. The van der Waals surface area contributed by atoms with Crippen molar-refractivity contribution in [3.8, 4) is 0 Å². The van der Waals surface area contributed by atoms with Gasteiger partial charge in [-0.25, -0.2) is 18.4 Å². The van der Waals surface area contributed by atoms with Crippen molar-refractivity contribution in [2.75, 3.05) is 16.0 Å². The van der Waals surface area contributed by atoms with Gasteiger partial charge in [-0.2, -0.15) is 0 Å². The van der Waals surface area contributed by atoms with E-state index in [1.807, 2.05) is 12.1 Å². The molecule has 0 saturated heterocycles. The Morgan fingerprint density at radius 1 is 1.10 bits per heavy atom. The van der Waals surface area contributed by atoms with Gasteiger partial charge in [0.15, 0.2) is 9.84 Å². The number of hydrogen-bond donors (Lipinski definition) is 1. The lowest BCUT2D eigenvalue weighted by Gasteiger charge is -2.18. The summed E-state index contributed by atoms with van der Waals surface area (Å²) in [4.78, 5) is 22.7. The van der Waals surface area contributed by atoms with Gasteiger partial charge in [0, 0.05) is 16.8 Å². The van der Waals surface area contributed by atoms with Gasteiger partial charge in [-0.15, -0.1) is 0 Å². The maximum atomic E-state index is 12.7. The third-order valence-electron chi connectivity index (χ3n) is 4.63. The molecule has 2 aromatic carbocycles. The summed E-state index contributed by atoms with van der Waals surface area (Å²) in [5.74, 6) is 0.673. The molecule has 7 nitrogen and oxygen atoms in total. The average Bonchev–Trinajstić information content (AvgIpc) is 3.05. The highest BCUT2D eigenvalue weighted by Gasteiger charge is 2.31. The maximum Gasteiger partial charge on any atom is 0.237 e. The SMILES string of the molecule is CCS(=O)(=O)c1ccc2c(c1)N(c1cc(Nc3ccc(Cl)cc3)ncn1)C(=O)C2. The zero-order chi connectivity index (χ0) is 20.6. The number of fused-ring (bicyclic) bond motifs is 1. The number of halogens is 1. The summed E-state index contributed by atoms with van der Waals surface area (Å²) in [5.41, 5.74) is 2.07. The second-order valence-electron chi connectivity index (χ2n) is 6.49. The molecule has 1 amide bonds. The minimum atomic E-state index is -3.39. The number of hydrogen-bond acceptors (Lipinski definition) is 6. The Labute approximate surface area is 173 Å². The van der Waals surface area contributed by atoms with Gasteiger partial charge in [-0.3, -0.25) is 9.69 Å². The zero-order valence-electron chi connectivity index (χ0n) is 15.5. The van der Waals surface area contributed by atoms with Crippen molar-refractivity contribution in [1.29, 1.82) is 0 Å². The Bertz CT molecular complexity index is 1200. The van der Waals surface area contributed by atoms with Crippen LogP contribution in [0.2, 0.25) is 5.02 Å². The summed E-state index contributed by atoms with van der Waals surface area (Å²) in [7, 11) is -3.39. The number of benzene rings is 2. The molecular weight excluding hydrogens is 412 g/mol. The molecule has 9 heteroatoms. The number of nitrogens with zero attached hydrogens (tertiary/aromatic N) is 3. The van der Waals surface area contributed by atoms with E-state index in [-0.39, 0.29) is 23.0 Å². The second kappa shape index (κ2) is 7.46. The highest BCUT2D eigenvalue weighted by molar-refractivity contribution is 7.91. The molecule has 0 bridgehead atoms. The Kier molecular flexibility index (Phi) is 4.97. The van der Waals surface area contributed by atoms with Crippen LogP contribution in [0.15, 0.2) is 59.8 Å². The van der Waals surface area contributed by atoms with Crippen LogP contribution >= 0.6 is 11.6 Å². The molecule has 4 rings (SSSR count). The maximum absolute atomic E-state index is 12.7. The van der Waals surface area contributed by atoms with Crippen molar-refractivity contribution >= 4 is 50.4 Å². The Hall–Kier alpha value is -2.97. The van der Waals surface area contributed by atoms with Gasteiger partial charge in [-0.05, 0) is 42.0 Å². The minimum absolute atomic E-state index is 0.0115. The van der Waals surface area contributed by atoms with Gasteiger partial charge in [0.05, 0.1) is 22.8 Å². The largest absolute Gasteiger partial charge is 0.340 e. The Morgan fingerprint density at radius 2 is 1.86 bits per heavy atom. The molecule has 1 aliphatic heterocycles. The highest BCUT2D eigenvalue weighted by atomic mass is 35.5. The second-order valence-corrected chi connectivity index (χ2v) is 9.21. The monoisotopic (exact) mass is 428 g/mol. The van der Waals surface area contributed by atoms with Gasteiger partial charge in [-0.1, -0.05) is 24.6 Å². The molecular formula is C20H17ClN4O3S. The van der Waals surface area contributed by atoms with Crippen LogP contribution in [0, 0.1) is 0 Å². The van der Waals surface area contributed by atoms with Gasteiger partial charge in [0.2, 0.25) is 5.91 Å². The summed E-state index contributed by atoms with van der Waals surface area (Å²) >= 11 is 5.90. The van der Waals surface area contributed by atoms with E-state index in [9.17, 15) is 13.2 Å². The van der Waals surface area contributed by atoms with Crippen molar-refractivity contribution in [3.63, 3.8) is 0 Å². The first-order valence-corrected chi connectivity index (χ1v) is 10.9. The zero-order valence-corrected chi connectivity index (χ0v) is 17.0. The molecule has 0 fully saturated rings. The molecule has 1 aliphatic rings. The van der Waals surface area contributed by atoms with E-state index in [0.717, 1.165) is 11.3 Å². The summed E-state index contributed by atoms with van der Waals surface area (Å²) in [6, 6.07) is 13.5. The fraction of sp³-hybridized carbons (Fsp3) is 0.150. The number of carbonyl (C=O) groups is 1. The standard InChI is InChI=1S/C20H17ClN4O3S/c1-2-29(27,28)16-8-3-13-9-20(26)25(17(13)10-16)19-11-18(22-12-23-19)24-15-6-4-14(21)5-7-15/h3-8,10-12H,2,9H2,1H3,(H,22,23,24). The quantitative estimate of drug-likeness (QED) is 0.662. The Morgan fingerprint density at radius 3 is 2.59 bits per heavy atom. The van der Waals surface area contributed by atoms with Crippen LogP contribution in [0.1, 0.15) is 12.5 Å². The van der Waals surface area contributed by atoms with Crippen LogP contribution in [0.5, 0.6) is 0 Å². The molecule has 1 aromatic heterocycles. The first kappa shape index (κ1) is 19.4. The Balaban J connectivity index is 1.70. The normalized spacial score (nSPS) is 13.4. The van der Waals surface area contributed by atoms with E-state index in [1.54, 1.807) is 37.3 Å². The number of rotatable bonds is 5. The van der Waals surface area contributed by atoms with E-state index in [4.69, 9.17) is 11.6 Å².